The van der Waals surface area contributed by atoms with E-state index in [1.807, 2.05) is 13.8 Å². The van der Waals surface area contributed by atoms with Crippen LogP contribution >= 0.6 is 0 Å². The van der Waals surface area contributed by atoms with E-state index in [2.05, 4.69) is 5.32 Å². The van der Waals surface area contributed by atoms with E-state index >= 15 is 0 Å². The molecule has 1 heterocycles. The number of carboxylic acid groups (broad SMARTS) is 1. The predicted octanol–water partition coefficient (Wildman–Crippen LogP) is 1.44. The van der Waals surface area contributed by atoms with Crippen LogP contribution in [-0.2, 0) is 19.1 Å². The maximum atomic E-state index is 11.7. The molecule has 0 aromatic rings. The lowest BCUT2D eigenvalue weighted by molar-refractivity contribution is -0.142. The summed E-state index contributed by atoms with van der Waals surface area (Å²) >= 11 is 0. The lowest BCUT2D eigenvalue weighted by Gasteiger charge is -2.22. The molecule has 6 nitrogen and oxygen atoms in total. The molecule has 0 bridgehead atoms. The number of amides is 1. The molecule has 2 N–H and O–H groups in total. The van der Waals surface area contributed by atoms with Crippen LogP contribution in [0.3, 0.4) is 0 Å². The Morgan fingerprint density at radius 2 is 2.00 bits per heavy atom. The number of aliphatic carboxylic acids is 1. The Morgan fingerprint density at radius 3 is 2.57 bits per heavy atom. The fourth-order valence-electron chi connectivity index (χ4n) is 2.33. The van der Waals surface area contributed by atoms with Crippen molar-refractivity contribution in [1.82, 2.24) is 5.32 Å². The van der Waals surface area contributed by atoms with E-state index in [4.69, 9.17) is 14.6 Å². The van der Waals surface area contributed by atoms with Crippen LogP contribution in [-0.4, -0.2) is 49.5 Å². The molecule has 122 valence electrons. The molecule has 0 saturated carbocycles. The first kappa shape index (κ1) is 17.9. The Kier molecular flexibility index (Phi) is 8.30. The summed E-state index contributed by atoms with van der Waals surface area (Å²) in [6, 6.07) is 0. The van der Waals surface area contributed by atoms with Crippen LogP contribution in [0.1, 0.15) is 39.5 Å². The van der Waals surface area contributed by atoms with E-state index in [0.29, 0.717) is 32.2 Å². The van der Waals surface area contributed by atoms with Crippen LogP contribution < -0.4 is 5.32 Å². The number of hydrogen-bond acceptors (Lipinski definition) is 4. The largest absolute Gasteiger partial charge is 0.481 e. The van der Waals surface area contributed by atoms with Crippen molar-refractivity contribution in [2.24, 2.45) is 11.8 Å². The van der Waals surface area contributed by atoms with Crippen LogP contribution in [0.4, 0.5) is 0 Å². The first-order valence-corrected chi connectivity index (χ1v) is 7.68. The summed E-state index contributed by atoms with van der Waals surface area (Å²) in [4.78, 5) is 22.8. The minimum atomic E-state index is -0.859. The Hall–Kier alpha value is -1.14. The number of carbonyl (C=O) groups excluding carboxylic acids is 1. The van der Waals surface area contributed by atoms with Gasteiger partial charge < -0.3 is 19.9 Å². The lowest BCUT2D eigenvalue weighted by Crippen LogP contribution is -2.34. The van der Waals surface area contributed by atoms with Crippen molar-refractivity contribution < 1.29 is 24.2 Å². The molecule has 0 aromatic heterocycles. The standard InChI is InChI=1S/C15H27NO5/c1-11(2)9-12(15(18)19)10-16-14(17)5-8-21-13-3-6-20-7-4-13/h11-13H,3-10H2,1-2H3,(H,16,17)(H,18,19). The average Bonchev–Trinajstić information content (AvgIpc) is 2.44. The maximum Gasteiger partial charge on any atom is 0.308 e. The molecule has 0 aliphatic carbocycles. The second-order valence-corrected chi connectivity index (χ2v) is 5.90. The lowest BCUT2D eigenvalue weighted by atomic mass is 9.97. The van der Waals surface area contributed by atoms with Crippen molar-refractivity contribution in [3.63, 3.8) is 0 Å². The van der Waals surface area contributed by atoms with Gasteiger partial charge in [0.2, 0.25) is 5.91 Å². The maximum absolute atomic E-state index is 11.7. The molecular weight excluding hydrogens is 274 g/mol. The molecule has 1 atom stereocenters. The second kappa shape index (κ2) is 9.73. The summed E-state index contributed by atoms with van der Waals surface area (Å²) in [6.07, 6.45) is 2.76. The van der Waals surface area contributed by atoms with E-state index in [1.165, 1.54) is 0 Å². The summed E-state index contributed by atoms with van der Waals surface area (Å²) in [6.45, 7) is 5.93. The van der Waals surface area contributed by atoms with Gasteiger partial charge in [-0.15, -0.1) is 0 Å². The quantitative estimate of drug-likeness (QED) is 0.673. The van der Waals surface area contributed by atoms with Gasteiger partial charge in [-0.05, 0) is 25.2 Å². The van der Waals surface area contributed by atoms with Gasteiger partial charge in [0.25, 0.3) is 0 Å². The van der Waals surface area contributed by atoms with Gasteiger partial charge in [-0.3, -0.25) is 9.59 Å². The second-order valence-electron chi connectivity index (χ2n) is 5.90. The highest BCUT2D eigenvalue weighted by Crippen LogP contribution is 2.12. The molecule has 1 fully saturated rings. The van der Waals surface area contributed by atoms with E-state index in [0.717, 1.165) is 12.8 Å². The number of hydrogen-bond donors (Lipinski definition) is 2. The Labute approximate surface area is 126 Å². The third kappa shape index (κ3) is 8.02. The third-order valence-electron chi connectivity index (χ3n) is 3.50. The van der Waals surface area contributed by atoms with Crippen LogP contribution in [0, 0.1) is 11.8 Å². The molecule has 1 rings (SSSR count). The summed E-state index contributed by atoms with van der Waals surface area (Å²) in [5.74, 6) is -1.25. The molecular formula is C15H27NO5. The highest BCUT2D eigenvalue weighted by molar-refractivity contribution is 5.77. The normalized spacial score (nSPS) is 17.7. The monoisotopic (exact) mass is 301 g/mol. The predicted molar refractivity (Wildman–Crippen MR) is 78.0 cm³/mol. The zero-order valence-electron chi connectivity index (χ0n) is 13.0. The van der Waals surface area contributed by atoms with Gasteiger partial charge in [0.05, 0.1) is 18.6 Å². The van der Waals surface area contributed by atoms with Crippen LogP contribution in [0.5, 0.6) is 0 Å². The first-order chi connectivity index (χ1) is 9.99. The molecule has 0 radical (unpaired) electrons. The minimum absolute atomic E-state index is 0.155. The van der Waals surface area contributed by atoms with Gasteiger partial charge in [0, 0.05) is 26.2 Å². The number of ether oxygens (including phenoxy) is 2. The molecule has 1 amide bonds. The third-order valence-corrected chi connectivity index (χ3v) is 3.50. The van der Waals surface area contributed by atoms with Gasteiger partial charge in [-0.2, -0.15) is 0 Å². The molecule has 0 spiro atoms. The summed E-state index contributed by atoms with van der Waals surface area (Å²) in [5, 5.41) is 11.8. The molecule has 1 saturated heterocycles. The molecule has 1 unspecified atom stereocenters. The van der Waals surface area contributed by atoms with Crippen molar-refractivity contribution in [2.45, 2.75) is 45.6 Å². The topological polar surface area (TPSA) is 84.9 Å². The molecule has 0 aromatic carbocycles. The first-order valence-electron chi connectivity index (χ1n) is 7.68. The van der Waals surface area contributed by atoms with Crippen molar-refractivity contribution in [2.75, 3.05) is 26.4 Å². The number of rotatable bonds is 9. The highest BCUT2D eigenvalue weighted by Gasteiger charge is 2.20. The average molecular weight is 301 g/mol. The molecule has 6 heteroatoms. The molecule has 21 heavy (non-hydrogen) atoms. The Balaban J connectivity index is 2.15. The zero-order valence-corrected chi connectivity index (χ0v) is 13.0. The van der Waals surface area contributed by atoms with E-state index in [9.17, 15) is 9.59 Å². The van der Waals surface area contributed by atoms with E-state index in [1.54, 1.807) is 0 Å². The number of carbonyl (C=O) groups is 2. The summed E-state index contributed by atoms with van der Waals surface area (Å²) < 4.78 is 10.8. The number of carboxylic acids is 1. The fraction of sp³-hybridized carbons (Fsp3) is 0.867. The van der Waals surface area contributed by atoms with Gasteiger partial charge >= 0.3 is 5.97 Å². The van der Waals surface area contributed by atoms with E-state index in [-0.39, 0.29) is 25.0 Å². The van der Waals surface area contributed by atoms with Crippen molar-refractivity contribution in [3.8, 4) is 0 Å². The molecule has 1 aliphatic heterocycles. The Bertz CT molecular complexity index is 326. The molecule has 1 aliphatic rings. The van der Waals surface area contributed by atoms with Crippen LogP contribution in [0.25, 0.3) is 0 Å². The van der Waals surface area contributed by atoms with Crippen molar-refractivity contribution in [1.29, 1.82) is 0 Å². The fourth-order valence-corrected chi connectivity index (χ4v) is 2.33. The van der Waals surface area contributed by atoms with Gasteiger partial charge in [0.15, 0.2) is 0 Å². The van der Waals surface area contributed by atoms with Gasteiger partial charge in [0.1, 0.15) is 0 Å². The van der Waals surface area contributed by atoms with Crippen molar-refractivity contribution >= 4 is 11.9 Å². The van der Waals surface area contributed by atoms with Crippen LogP contribution in [0.2, 0.25) is 0 Å². The zero-order chi connectivity index (χ0) is 15.7. The summed E-state index contributed by atoms with van der Waals surface area (Å²) in [5.41, 5.74) is 0. The van der Waals surface area contributed by atoms with E-state index < -0.39 is 11.9 Å². The summed E-state index contributed by atoms with van der Waals surface area (Å²) in [7, 11) is 0. The van der Waals surface area contributed by atoms with Crippen LogP contribution in [0.15, 0.2) is 0 Å². The van der Waals surface area contributed by atoms with Crippen molar-refractivity contribution in [3.05, 3.63) is 0 Å². The Morgan fingerprint density at radius 1 is 1.33 bits per heavy atom. The SMILES string of the molecule is CC(C)CC(CNC(=O)CCOC1CCOCC1)C(=O)O. The smallest absolute Gasteiger partial charge is 0.308 e. The number of nitrogens with one attached hydrogen (secondary N) is 1. The highest BCUT2D eigenvalue weighted by atomic mass is 16.5. The minimum Gasteiger partial charge on any atom is -0.481 e. The van der Waals surface area contributed by atoms with Gasteiger partial charge in [-0.25, -0.2) is 0 Å². The van der Waals surface area contributed by atoms with Gasteiger partial charge in [-0.1, -0.05) is 13.8 Å².